The van der Waals surface area contributed by atoms with Crippen LogP contribution in [0.1, 0.15) is 104 Å². The Morgan fingerprint density at radius 1 is 0.909 bits per heavy atom. The Balaban J connectivity index is 0.000000569. The van der Waals surface area contributed by atoms with E-state index in [0.717, 1.165) is 30.7 Å². The number of aliphatic hydroxyl groups is 1. The summed E-state index contributed by atoms with van der Waals surface area (Å²) < 4.78 is 34.2. The SMILES string of the molecule is CCCCCCCCCCCCN1CC=C(CCO)C=C1c1ccc(C(=O)O)cc1C(=O)OC.O=S(=O)(O)c1ccccc1. The summed E-state index contributed by atoms with van der Waals surface area (Å²) in [5.41, 5.74) is 2.83. The maximum absolute atomic E-state index is 12.5. The van der Waals surface area contributed by atoms with Crippen molar-refractivity contribution in [1.29, 1.82) is 0 Å². The number of carbonyl (C=O) groups excluding carboxylic acids is 1. The molecule has 0 fully saturated rings. The van der Waals surface area contributed by atoms with Crippen LogP contribution in [0.25, 0.3) is 5.70 Å². The van der Waals surface area contributed by atoms with E-state index in [-0.39, 0.29) is 22.6 Å². The van der Waals surface area contributed by atoms with Gasteiger partial charge in [-0.2, -0.15) is 8.42 Å². The number of benzene rings is 2. The number of carboxylic acid groups (broad SMARTS) is 1. The van der Waals surface area contributed by atoms with Gasteiger partial charge in [0.1, 0.15) is 0 Å². The number of rotatable bonds is 17. The van der Waals surface area contributed by atoms with E-state index >= 15 is 0 Å². The molecule has 1 heterocycles. The number of carboxylic acids is 1. The van der Waals surface area contributed by atoms with E-state index in [1.165, 1.54) is 82.7 Å². The second-order valence-corrected chi connectivity index (χ2v) is 12.2. The summed E-state index contributed by atoms with van der Waals surface area (Å²) in [4.78, 5) is 26.1. The van der Waals surface area contributed by atoms with Crippen LogP contribution in [0.2, 0.25) is 0 Å². The fourth-order valence-corrected chi connectivity index (χ4v) is 5.48. The molecule has 10 heteroatoms. The number of aromatic carboxylic acids is 1. The first-order valence-electron chi connectivity index (χ1n) is 15.4. The molecule has 0 bridgehead atoms. The zero-order chi connectivity index (χ0) is 32.4. The van der Waals surface area contributed by atoms with Gasteiger partial charge in [-0.3, -0.25) is 4.55 Å². The summed E-state index contributed by atoms with van der Waals surface area (Å²) in [5, 5.41) is 18.8. The van der Waals surface area contributed by atoms with Crippen molar-refractivity contribution < 1.29 is 37.5 Å². The number of nitrogens with zero attached hydrogens (tertiary/aromatic N) is 1. The van der Waals surface area contributed by atoms with Gasteiger partial charge in [0.15, 0.2) is 0 Å². The number of allylic oxidation sites excluding steroid dienone is 1. The molecule has 0 atom stereocenters. The van der Waals surface area contributed by atoms with E-state index in [2.05, 4.69) is 17.9 Å². The number of carbonyl (C=O) groups is 2. The highest BCUT2D eigenvalue weighted by Gasteiger charge is 2.23. The predicted octanol–water partition coefficient (Wildman–Crippen LogP) is 6.99. The molecule has 0 saturated carbocycles. The zero-order valence-corrected chi connectivity index (χ0v) is 26.7. The molecular formula is C34H47NO8S. The van der Waals surface area contributed by atoms with Crippen molar-refractivity contribution in [1.82, 2.24) is 4.90 Å². The molecule has 0 spiro atoms. The van der Waals surface area contributed by atoms with Gasteiger partial charge in [-0.15, -0.1) is 0 Å². The number of esters is 1. The molecule has 9 nitrogen and oxygen atoms in total. The standard InChI is InChI=1S/C28H41NO5.C6H6O3S/c1-3-4-5-6-7-8-9-10-11-12-17-29-18-15-22(16-19-30)20-26(29)24-14-13-23(27(31)32)21-25(24)28(33)34-2;7-10(8,9)6-4-2-1-3-5-6/h13-15,20-21,30H,3-12,16-19H2,1-2H3,(H,31,32);1-5H,(H,7,8,9). The normalized spacial score (nSPS) is 13.0. The molecule has 0 radical (unpaired) electrons. The molecule has 242 valence electrons. The van der Waals surface area contributed by atoms with Gasteiger partial charge in [0.25, 0.3) is 10.1 Å². The lowest BCUT2D eigenvalue weighted by Gasteiger charge is -2.31. The van der Waals surface area contributed by atoms with Crippen LogP contribution in [-0.2, 0) is 14.9 Å². The first-order valence-corrected chi connectivity index (χ1v) is 16.8. The highest BCUT2D eigenvalue weighted by atomic mass is 32.2. The first-order chi connectivity index (χ1) is 21.1. The highest BCUT2D eigenvalue weighted by Crippen LogP contribution is 2.30. The lowest BCUT2D eigenvalue weighted by Crippen LogP contribution is -2.27. The number of methoxy groups -OCH3 is 1. The molecule has 0 amide bonds. The van der Waals surface area contributed by atoms with Gasteiger partial charge in [-0.1, -0.05) is 95.1 Å². The van der Waals surface area contributed by atoms with Crippen molar-refractivity contribution in [2.24, 2.45) is 0 Å². The molecule has 44 heavy (non-hydrogen) atoms. The van der Waals surface area contributed by atoms with Crippen LogP contribution in [0.15, 0.2) is 71.2 Å². The van der Waals surface area contributed by atoms with Gasteiger partial charge >= 0.3 is 11.9 Å². The number of aliphatic hydroxyl groups excluding tert-OH is 1. The Bertz CT molecular complexity index is 1350. The zero-order valence-electron chi connectivity index (χ0n) is 25.9. The second kappa shape index (κ2) is 19.7. The Labute approximate surface area is 262 Å². The maximum Gasteiger partial charge on any atom is 0.338 e. The van der Waals surface area contributed by atoms with E-state index in [4.69, 9.17) is 9.29 Å². The van der Waals surface area contributed by atoms with Crippen LogP contribution in [-0.4, -0.2) is 66.8 Å². The Morgan fingerprint density at radius 2 is 1.52 bits per heavy atom. The lowest BCUT2D eigenvalue weighted by molar-refractivity contribution is 0.0600. The quantitative estimate of drug-likeness (QED) is 0.0959. The monoisotopic (exact) mass is 629 g/mol. The molecule has 1 aliphatic heterocycles. The fourth-order valence-electron chi connectivity index (χ4n) is 4.98. The van der Waals surface area contributed by atoms with E-state index in [1.54, 1.807) is 24.3 Å². The summed E-state index contributed by atoms with van der Waals surface area (Å²) in [6, 6.07) is 12.0. The molecule has 0 aromatic heterocycles. The van der Waals surface area contributed by atoms with Crippen molar-refractivity contribution in [2.75, 3.05) is 26.8 Å². The summed E-state index contributed by atoms with van der Waals surface area (Å²) in [6.07, 6.45) is 17.3. The smallest absolute Gasteiger partial charge is 0.338 e. The fraction of sp³-hybridized carbons (Fsp3) is 0.471. The first kappa shape index (κ1) is 36.7. The molecule has 2 aromatic carbocycles. The Hall–Kier alpha value is -3.47. The minimum Gasteiger partial charge on any atom is -0.478 e. The topological polar surface area (TPSA) is 141 Å². The van der Waals surface area contributed by atoms with Crippen LogP contribution < -0.4 is 0 Å². The summed E-state index contributed by atoms with van der Waals surface area (Å²) in [5.74, 6) is -1.64. The van der Waals surface area contributed by atoms with Crippen LogP contribution in [0.5, 0.6) is 0 Å². The number of unbranched alkanes of at least 4 members (excludes halogenated alkanes) is 9. The van der Waals surface area contributed by atoms with Crippen LogP contribution >= 0.6 is 0 Å². The van der Waals surface area contributed by atoms with E-state index in [0.29, 0.717) is 18.5 Å². The predicted molar refractivity (Wildman–Crippen MR) is 172 cm³/mol. The van der Waals surface area contributed by atoms with Crippen molar-refractivity contribution in [3.63, 3.8) is 0 Å². The summed E-state index contributed by atoms with van der Waals surface area (Å²) >= 11 is 0. The van der Waals surface area contributed by atoms with Gasteiger partial charge < -0.3 is 19.8 Å². The van der Waals surface area contributed by atoms with E-state index in [1.807, 2.05) is 6.08 Å². The van der Waals surface area contributed by atoms with Crippen LogP contribution in [0.3, 0.4) is 0 Å². The average Bonchev–Trinajstić information content (AvgIpc) is 3.02. The van der Waals surface area contributed by atoms with Crippen molar-refractivity contribution in [2.45, 2.75) is 82.4 Å². The average molecular weight is 630 g/mol. The molecule has 2 aromatic rings. The van der Waals surface area contributed by atoms with Crippen molar-refractivity contribution >= 4 is 27.8 Å². The minimum absolute atomic E-state index is 0.0490. The molecule has 3 N–H and O–H groups in total. The van der Waals surface area contributed by atoms with E-state index in [9.17, 15) is 28.2 Å². The molecule has 0 aliphatic carbocycles. The molecular weight excluding hydrogens is 582 g/mol. The minimum atomic E-state index is -4.00. The number of hydrogen-bond acceptors (Lipinski definition) is 7. The lowest BCUT2D eigenvalue weighted by atomic mass is 9.96. The molecule has 0 saturated heterocycles. The van der Waals surface area contributed by atoms with Gasteiger partial charge in [0.05, 0.1) is 23.1 Å². The highest BCUT2D eigenvalue weighted by molar-refractivity contribution is 7.85. The third-order valence-corrected chi connectivity index (χ3v) is 8.28. The molecule has 1 aliphatic rings. The van der Waals surface area contributed by atoms with Gasteiger partial charge in [-0.25, -0.2) is 9.59 Å². The Kier molecular flexibility index (Phi) is 16.5. The second-order valence-electron chi connectivity index (χ2n) is 10.8. The molecule has 3 rings (SSSR count). The van der Waals surface area contributed by atoms with Gasteiger partial charge in [-0.05, 0) is 48.8 Å². The van der Waals surface area contributed by atoms with Gasteiger partial charge in [0.2, 0.25) is 0 Å². The van der Waals surface area contributed by atoms with Crippen LogP contribution in [0, 0.1) is 0 Å². The van der Waals surface area contributed by atoms with Crippen molar-refractivity contribution in [3.8, 4) is 0 Å². The number of ether oxygens (including phenoxy) is 1. The largest absolute Gasteiger partial charge is 0.478 e. The van der Waals surface area contributed by atoms with E-state index < -0.39 is 22.1 Å². The summed E-state index contributed by atoms with van der Waals surface area (Å²) in [6.45, 7) is 3.84. The van der Waals surface area contributed by atoms with Crippen LogP contribution in [0.4, 0.5) is 0 Å². The van der Waals surface area contributed by atoms with Crippen molar-refractivity contribution in [3.05, 3.63) is 82.9 Å². The number of hydrogen-bond donors (Lipinski definition) is 3. The Morgan fingerprint density at radius 3 is 2.05 bits per heavy atom. The third-order valence-electron chi connectivity index (χ3n) is 7.41. The third kappa shape index (κ3) is 12.6. The maximum atomic E-state index is 12.5. The summed E-state index contributed by atoms with van der Waals surface area (Å²) in [7, 11) is -2.70. The van der Waals surface area contributed by atoms with Gasteiger partial charge in [0, 0.05) is 31.0 Å². The molecule has 0 unspecified atom stereocenters.